The molecule has 0 fully saturated rings. The van der Waals surface area contributed by atoms with Gasteiger partial charge in [0.1, 0.15) is 0 Å². The highest BCUT2D eigenvalue weighted by molar-refractivity contribution is 6.17. The molecule has 0 bridgehead atoms. The molecule has 2 aromatic rings. The minimum Gasteiger partial charge on any atom is -0.408 e. The molecule has 0 aliphatic rings. The third-order valence-electron chi connectivity index (χ3n) is 2.47. The zero-order chi connectivity index (χ0) is 12.3. The SMILES string of the molecule is Cc1ccc(N(C)c2nnc(CCCl)o2)cc1. The smallest absolute Gasteiger partial charge is 0.322 e. The van der Waals surface area contributed by atoms with Crippen LogP contribution in [0.25, 0.3) is 0 Å². The van der Waals surface area contributed by atoms with Crippen LogP contribution < -0.4 is 4.90 Å². The molecule has 0 radical (unpaired) electrons. The fraction of sp³-hybridized carbons (Fsp3) is 0.333. The number of anilines is 2. The van der Waals surface area contributed by atoms with Crippen molar-refractivity contribution in [2.75, 3.05) is 17.8 Å². The first-order valence-corrected chi connectivity index (χ1v) is 5.93. The van der Waals surface area contributed by atoms with Crippen molar-refractivity contribution in [2.24, 2.45) is 0 Å². The lowest BCUT2D eigenvalue weighted by atomic mass is 10.2. The average Bonchev–Trinajstić information content (AvgIpc) is 2.78. The Morgan fingerprint density at radius 1 is 1.24 bits per heavy atom. The van der Waals surface area contributed by atoms with Gasteiger partial charge in [0.2, 0.25) is 5.89 Å². The molecule has 0 spiro atoms. The van der Waals surface area contributed by atoms with Crippen LogP contribution in [0.1, 0.15) is 11.5 Å². The van der Waals surface area contributed by atoms with Gasteiger partial charge in [0.15, 0.2) is 0 Å². The van der Waals surface area contributed by atoms with E-state index in [1.165, 1.54) is 5.56 Å². The Labute approximate surface area is 105 Å². The molecule has 1 aromatic heterocycles. The van der Waals surface area contributed by atoms with Crippen LogP contribution in [-0.2, 0) is 6.42 Å². The van der Waals surface area contributed by atoms with Crippen LogP contribution in [0.15, 0.2) is 28.7 Å². The van der Waals surface area contributed by atoms with Gasteiger partial charge in [-0.3, -0.25) is 4.90 Å². The summed E-state index contributed by atoms with van der Waals surface area (Å²) in [6.45, 7) is 2.05. The molecule has 0 aliphatic carbocycles. The van der Waals surface area contributed by atoms with E-state index in [1.807, 2.05) is 36.2 Å². The minimum absolute atomic E-state index is 0.481. The fourth-order valence-electron chi connectivity index (χ4n) is 1.44. The first-order valence-electron chi connectivity index (χ1n) is 5.39. The van der Waals surface area contributed by atoms with Crippen LogP contribution in [0, 0.1) is 6.92 Å². The maximum Gasteiger partial charge on any atom is 0.322 e. The van der Waals surface area contributed by atoms with Gasteiger partial charge in [-0.05, 0) is 19.1 Å². The summed E-state index contributed by atoms with van der Waals surface area (Å²) in [5, 5.41) is 7.91. The number of halogens is 1. The maximum atomic E-state index is 5.62. The van der Waals surface area contributed by atoms with Gasteiger partial charge in [-0.1, -0.05) is 22.8 Å². The van der Waals surface area contributed by atoms with Crippen molar-refractivity contribution in [1.82, 2.24) is 10.2 Å². The van der Waals surface area contributed by atoms with E-state index >= 15 is 0 Å². The van der Waals surface area contributed by atoms with Crippen molar-refractivity contribution < 1.29 is 4.42 Å². The van der Waals surface area contributed by atoms with E-state index in [4.69, 9.17) is 16.0 Å². The topological polar surface area (TPSA) is 42.2 Å². The van der Waals surface area contributed by atoms with Crippen molar-refractivity contribution in [1.29, 1.82) is 0 Å². The first-order chi connectivity index (χ1) is 8.20. The van der Waals surface area contributed by atoms with Crippen molar-refractivity contribution in [2.45, 2.75) is 13.3 Å². The lowest BCUT2D eigenvalue weighted by Crippen LogP contribution is -2.09. The third kappa shape index (κ3) is 2.77. The van der Waals surface area contributed by atoms with Crippen LogP contribution in [0.2, 0.25) is 0 Å². The molecule has 5 heteroatoms. The number of alkyl halides is 1. The molecule has 0 amide bonds. The van der Waals surface area contributed by atoms with Gasteiger partial charge < -0.3 is 4.42 Å². The number of nitrogens with zero attached hydrogens (tertiary/aromatic N) is 3. The van der Waals surface area contributed by atoms with Crippen molar-refractivity contribution in [3.8, 4) is 0 Å². The Morgan fingerprint density at radius 2 is 1.94 bits per heavy atom. The summed E-state index contributed by atoms with van der Waals surface area (Å²) in [5.74, 6) is 1.05. The van der Waals surface area contributed by atoms with Crippen molar-refractivity contribution in [3.05, 3.63) is 35.7 Å². The lowest BCUT2D eigenvalue weighted by Gasteiger charge is -2.13. The van der Waals surface area contributed by atoms with Crippen LogP contribution >= 0.6 is 11.6 Å². The summed E-state index contributed by atoms with van der Waals surface area (Å²) in [4.78, 5) is 1.85. The Balaban J connectivity index is 2.18. The lowest BCUT2D eigenvalue weighted by molar-refractivity contribution is 0.505. The van der Waals surface area contributed by atoms with Gasteiger partial charge in [0.25, 0.3) is 0 Å². The molecule has 0 saturated carbocycles. The van der Waals surface area contributed by atoms with Gasteiger partial charge in [-0.25, -0.2) is 0 Å². The summed E-state index contributed by atoms with van der Waals surface area (Å²) >= 11 is 5.62. The van der Waals surface area contributed by atoms with Crippen LogP contribution in [0.4, 0.5) is 11.7 Å². The molecule has 1 aromatic carbocycles. The monoisotopic (exact) mass is 251 g/mol. The third-order valence-corrected chi connectivity index (χ3v) is 2.66. The van der Waals surface area contributed by atoms with Gasteiger partial charge in [0, 0.05) is 25.0 Å². The summed E-state index contributed by atoms with van der Waals surface area (Å²) in [6, 6.07) is 8.60. The number of rotatable bonds is 4. The molecule has 0 N–H and O–H groups in total. The Kier molecular flexibility index (Phi) is 3.64. The van der Waals surface area contributed by atoms with Crippen molar-refractivity contribution >= 4 is 23.3 Å². The quantitative estimate of drug-likeness (QED) is 0.784. The second-order valence-electron chi connectivity index (χ2n) is 3.81. The standard InChI is InChI=1S/C12H14ClN3O/c1-9-3-5-10(6-4-9)16(2)12-15-14-11(17-12)7-8-13/h3-6H,7-8H2,1-2H3. The van der Waals surface area contributed by atoms with E-state index in [9.17, 15) is 0 Å². The molecule has 0 aliphatic heterocycles. The zero-order valence-corrected chi connectivity index (χ0v) is 10.6. The van der Waals surface area contributed by atoms with Crippen LogP contribution in [0.3, 0.4) is 0 Å². The van der Waals surface area contributed by atoms with Gasteiger partial charge in [-0.15, -0.1) is 16.7 Å². The zero-order valence-electron chi connectivity index (χ0n) is 9.85. The fourth-order valence-corrected chi connectivity index (χ4v) is 1.60. The summed E-state index contributed by atoms with van der Waals surface area (Å²) in [5.41, 5.74) is 2.23. The van der Waals surface area contributed by atoms with E-state index in [2.05, 4.69) is 17.1 Å². The molecular weight excluding hydrogens is 238 g/mol. The summed E-state index contributed by atoms with van der Waals surface area (Å²) < 4.78 is 5.49. The number of benzene rings is 1. The largest absolute Gasteiger partial charge is 0.408 e. The second kappa shape index (κ2) is 5.19. The minimum atomic E-state index is 0.481. The molecule has 0 saturated heterocycles. The summed E-state index contributed by atoms with van der Waals surface area (Å²) in [7, 11) is 1.89. The molecule has 0 atom stereocenters. The number of hydrogen-bond acceptors (Lipinski definition) is 4. The molecular formula is C12H14ClN3O. The molecule has 4 nitrogen and oxygen atoms in total. The average molecular weight is 252 g/mol. The van der Waals surface area contributed by atoms with E-state index in [0.717, 1.165) is 5.69 Å². The number of aryl methyl sites for hydroxylation is 2. The molecule has 90 valence electrons. The highest BCUT2D eigenvalue weighted by Crippen LogP contribution is 2.22. The highest BCUT2D eigenvalue weighted by atomic mass is 35.5. The van der Waals surface area contributed by atoms with Gasteiger partial charge in [-0.2, -0.15) is 0 Å². The van der Waals surface area contributed by atoms with E-state index in [1.54, 1.807) is 0 Å². The van der Waals surface area contributed by atoms with Crippen LogP contribution in [0.5, 0.6) is 0 Å². The predicted molar refractivity (Wildman–Crippen MR) is 68.0 cm³/mol. The Bertz CT molecular complexity index is 481. The summed E-state index contributed by atoms with van der Waals surface area (Å²) in [6.07, 6.45) is 0.594. The van der Waals surface area contributed by atoms with E-state index in [-0.39, 0.29) is 0 Å². The molecule has 17 heavy (non-hydrogen) atoms. The van der Waals surface area contributed by atoms with E-state index < -0.39 is 0 Å². The number of aromatic nitrogens is 2. The second-order valence-corrected chi connectivity index (χ2v) is 4.19. The Hall–Kier alpha value is -1.55. The Morgan fingerprint density at radius 3 is 2.59 bits per heavy atom. The molecule has 0 unspecified atom stereocenters. The number of hydrogen-bond donors (Lipinski definition) is 0. The van der Waals surface area contributed by atoms with Gasteiger partial charge in [0.05, 0.1) is 0 Å². The van der Waals surface area contributed by atoms with E-state index in [0.29, 0.717) is 24.2 Å². The maximum absolute atomic E-state index is 5.62. The van der Waals surface area contributed by atoms with Crippen LogP contribution in [-0.4, -0.2) is 23.1 Å². The normalized spacial score (nSPS) is 10.5. The molecule has 2 rings (SSSR count). The van der Waals surface area contributed by atoms with Crippen molar-refractivity contribution in [3.63, 3.8) is 0 Å². The first kappa shape index (κ1) is 11.9. The predicted octanol–water partition coefficient (Wildman–Crippen LogP) is 2.93. The van der Waals surface area contributed by atoms with Gasteiger partial charge >= 0.3 is 6.01 Å². The highest BCUT2D eigenvalue weighted by Gasteiger charge is 2.11. The molecule has 1 heterocycles.